The highest BCUT2D eigenvalue weighted by atomic mass is 35.5. The first kappa shape index (κ1) is 32.1. The van der Waals surface area contributed by atoms with Gasteiger partial charge in [-0.05, 0) is 50.7 Å². The van der Waals surface area contributed by atoms with E-state index >= 15 is 0 Å². The molecule has 1 saturated heterocycles. The van der Waals surface area contributed by atoms with Gasteiger partial charge < -0.3 is 25.0 Å². The zero-order valence-corrected chi connectivity index (χ0v) is 29.3. The number of aryl methyl sites for hydroxylation is 1. The lowest BCUT2D eigenvalue weighted by Crippen LogP contribution is -2.67. The van der Waals surface area contributed by atoms with E-state index in [2.05, 4.69) is 20.4 Å². The molecule has 52 heavy (non-hydrogen) atoms. The molecule has 2 fully saturated rings. The largest absolute Gasteiger partial charge is 0.504 e. The number of carbonyl (C=O) groups is 2. The topological polar surface area (TPSA) is 160 Å². The van der Waals surface area contributed by atoms with Crippen LogP contribution >= 0.6 is 22.9 Å². The molecule has 8 rings (SSSR count). The SMILES string of the molecule is [2H]C1([2H])CCC(c2nc3n4c(c(N5CCN(C(=O)c6ncnc(C)c6O)[C@H]6CC[C@@H]65)c(=O)n3n2)C(C)CC4C(=O)Nc2cc(C(F)(F)F)sc2Cl)=CCO1. The van der Waals surface area contributed by atoms with Crippen molar-refractivity contribution in [3.63, 3.8) is 0 Å². The van der Waals surface area contributed by atoms with E-state index in [-0.39, 0.29) is 95.5 Å². The average molecular weight is 762 g/mol. The molecule has 2 unspecified atom stereocenters. The Labute approximate surface area is 305 Å². The molecule has 3 aliphatic heterocycles. The summed E-state index contributed by atoms with van der Waals surface area (Å²) in [7, 11) is 0. The van der Waals surface area contributed by atoms with E-state index in [1.165, 1.54) is 6.33 Å². The second-order valence-corrected chi connectivity index (χ2v) is 14.9. The van der Waals surface area contributed by atoms with E-state index in [0.29, 0.717) is 35.4 Å². The Bertz CT molecular complexity index is 2310. The highest BCUT2D eigenvalue weighted by Gasteiger charge is 2.49. The zero-order valence-electron chi connectivity index (χ0n) is 29.8. The number of piperazine rings is 1. The Hall–Kier alpha value is -4.55. The average Bonchev–Trinajstić information content (AvgIpc) is 3.76. The monoisotopic (exact) mass is 761 g/mol. The summed E-state index contributed by atoms with van der Waals surface area (Å²) in [5.41, 5.74) is 0.758. The van der Waals surface area contributed by atoms with Crippen LogP contribution in [0.3, 0.4) is 0 Å². The number of fused-ring (bicyclic) bond motifs is 4. The molecule has 4 aromatic heterocycles. The molecule has 4 aliphatic rings. The highest BCUT2D eigenvalue weighted by Crippen LogP contribution is 2.46. The molecule has 4 atom stereocenters. The predicted octanol–water partition coefficient (Wildman–Crippen LogP) is 4.80. The van der Waals surface area contributed by atoms with Gasteiger partial charge in [-0.25, -0.2) is 9.97 Å². The maximum Gasteiger partial charge on any atom is 0.425 e. The third-order valence-corrected chi connectivity index (χ3v) is 11.6. The summed E-state index contributed by atoms with van der Waals surface area (Å²) in [4.78, 5) is 57.7. The molecule has 4 aromatic rings. The van der Waals surface area contributed by atoms with Crippen molar-refractivity contribution >= 4 is 57.5 Å². The molecule has 2 N–H and O–H groups in total. The van der Waals surface area contributed by atoms with Gasteiger partial charge in [-0.15, -0.1) is 16.4 Å². The molecule has 274 valence electrons. The minimum Gasteiger partial charge on any atom is -0.504 e. The van der Waals surface area contributed by atoms with Crippen LogP contribution in [-0.2, 0) is 15.7 Å². The summed E-state index contributed by atoms with van der Waals surface area (Å²) < 4.78 is 64.3. The van der Waals surface area contributed by atoms with Gasteiger partial charge in [-0.2, -0.15) is 22.7 Å². The number of aromatic nitrogens is 6. The number of anilines is 2. The number of nitrogens with one attached hydrogen (secondary N) is 1. The molecule has 7 heterocycles. The van der Waals surface area contributed by atoms with Gasteiger partial charge in [0.15, 0.2) is 17.3 Å². The van der Waals surface area contributed by atoms with E-state index in [9.17, 15) is 32.7 Å². The third-order valence-electron chi connectivity index (χ3n) is 10.2. The quantitative estimate of drug-likeness (QED) is 0.289. The van der Waals surface area contributed by atoms with Crippen LogP contribution in [0.25, 0.3) is 11.4 Å². The van der Waals surface area contributed by atoms with Crippen LogP contribution < -0.4 is 15.8 Å². The fraction of sp³-hybridized carbons (Fsp3) is 0.485. The Kier molecular flexibility index (Phi) is 7.93. The highest BCUT2D eigenvalue weighted by molar-refractivity contribution is 7.17. The lowest BCUT2D eigenvalue weighted by Gasteiger charge is -2.54. The number of allylic oxidation sites excluding steroid dienone is 1. The number of ether oxygens (including phenoxy) is 1. The molecule has 2 amide bonds. The minimum absolute atomic E-state index is 0.0108. The van der Waals surface area contributed by atoms with Gasteiger partial charge in [0.05, 0.1) is 32.5 Å². The number of alkyl halides is 3. The summed E-state index contributed by atoms with van der Waals surface area (Å²) >= 11 is 6.45. The number of hydrogen-bond donors (Lipinski definition) is 2. The standard InChI is InChI=1S/C33H33ClF3N9O5S/c1-15-12-21(29(48)40-18-13-22(33(35,36)37)52-27(18)34)45-24(15)25(31(50)46-32(45)41-28(42-46)17-4-3-10-51-11-7-17)43-8-9-44(20-6-5-19(20)43)30(49)23-26(47)16(2)38-14-39-23/h7,13-15,19-21,47H,3-6,8-12H2,1-2H3,(H,40,48)/t15?,19-,20-,21?/m0/s1/i10D2. The van der Waals surface area contributed by atoms with Gasteiger partial charge in [-0.1, -0.05) is 24.6 Å². The maximum atomic E-state index is 14.7. The minimum atomic E-state index is -4.66. The van der Waals surface area contributed by atoms with Crippen molar-refractivity contribution in [2.24, 2.45) is 0 Å². The molecule has 0 bridgehead atoms. The van der Waals surface area contributed by atoms with Crippen molar-refractivity contribution in [1.82, 2.24) is 34.0 Å². The molecule has 0 radical (unpaired) electrons. The number of carbonyl (C=O) groups excluding carboxylic acids is 2. The van der Waals surface area contributed by atoms with Crippen LogP contribution in [0.5, 0.6) is 5.75 Å². The number of hydrogen-bond acceptors (Lipinski definition) is 11. The van der Waals surface area contributed by atoms with Gasteiger partial charge in [0, 0.05) is 31.6 Å². The molecule has 1 saturated carbocycles. The van der Waals surface area contributed by atoms with Crippen LogP contribution in [0, 0.1) is 6.92 Å². The number of halogens is 4. The molecule has 1 aliphatic carbocycles. The number of aromatic hydroxyl groups is 1. The molecule has 0 spiro atoms. The first-order valence-corrected chi connectivity index (χ1v) is 17.9. The Morgan fingerprint density at radius 3 is 2.73 bits per heavy atom. The van der Waals surface area contributed by atoms with Crippen LogP contribution in [0.2, 0.25) is 4.34 Å². The predicted molar refractivity (Wildman–Crippen MR) is 184 cm³/mol. The Balaban J connectivity index is 1.21. The van der Waals surface area contributed by atoms with Crippen LogP contribution in [-0.4, -0.2) is 89.3 Å². The van der Waals surface area contributed by atoms with Gasteiger partial charge >= 0.3 is 6.18 Å². The molecule has 19 heteroatoms. The van der Waals surface area contributed by atoms with Crippen molar-refractivity contribution in [2.45, 2.75) is 76.2 Å². The summed E-state index contributed by atoms with van der Waals surface area (Å²) in [6, 6.07) is -0.886. The van der Waals surface area contributed by atoms with Crippen molar-refractivity contribution in [2.75, 3.05) is 36.5 Å². The van der Waals surface area contributed by atoms with Gasteiger partial charge in [0.2, 0.25) is 11.7 Å². The second kappa shape index (κ2) is 12.8. The summed E-state index contributed by atoms with van der Waals surface area (Å²) in [6.45, 7) is 1.89. The van der Waals surface area contributed by atoms with E-state index in [4.69, 9.17) is 24.1 Å². The number of rotatable bonds is 5. The van der Waals surface area contributed by atoms with Crippen LogP contribution in [0.1, 0.15) is 86.3 Å². The number of thiophene rings is 1. The first-order chi connectivity index (χ1) is 25.5. The Morgan fingerprint density at radius 1 is 1.21 bits per heavy atom. The van der Waals surface area contributed by atoms with Gasteiger partial charge in [0.1, 0.15) is 27.3 Å². The van der Waals surface area contributed by atoms with E-state index in [0.717, 1.165) is 10.6 Å². The fourth-order valence-electron chi connectivity index (χ4n) is 7.59. The maximum absolute atomic E-state index is 14.7. The summed E-state index contributed by atoms with van der Waals surface area (Å²) in [5.74, 6) is -1.65. The van der Waals surface area contributed by atoms with Crippen molar-refractivity contribution in [1.29, 1.82) is 0 Å². The zero-order chi connectivity index (χ0) is 38.4. The van der Waals surface area contributed by atoms with Crippen molar-refractivity contribution in [3.8, 4) is 5.75 Å². The third kappa shape index (κ3) is 5.62. The smallest absolute Gasteiger partial charge is 0.425 e. The molecule has 14 nitrogen and oxygen atoms in total. The normalized spacial score (nSPS) is 24.7. The number of nitrogens with zero attached hydrogens (tertiary/aromatic N) is 8. The molecular weight excluding hydrogens is 727 g/mol. The summed E-state index contributed by atoms with van der Waals surface area (Å²) in [5, 5.41) is 17.7. The first-order valence-electron chi connectivity index (χ1n) is 17.7. The fourth-order valence-corrected chi connectivity index (χ4v) is 8.65. The lowest BCUT2D eigenvalue weighted by atomic mass is 9.81. The van der Waals surface area contributed by atoms with E-state index in [1.807, 2.05) is 11.8 Å². The van der Waals surface area contributed by atoms with Gasteiger partial charge in [-0.3, -0.25) is 19.0 Å². The van der Waals surface area contributed by atoms with E-state index < -0.39 is 46.9 Å². The molecular formula is C33H33ClF3N9O5S. The number of amides is 2. The van der Waals surface area contributed by atoms with Gasteiger partial charge in [0.25, 0.3) is 11.5 Å². The van der Waals surface area contributed by atoms with Crippen LogP contribution in [0.4, 0.5) is 24.5 Å². The van der Waals surface area contributed by atoms with Crippen molar-refractivity contribution < 1.29 is 35.3 Å². The molecule has 0 aromatic carbocycles. The summed E-state index contributed by atoms with van der Waals surface area (Å²) in [6.07, 6.45) is -0.156. The second-order valence-electron chi connectivity index (χ2n) is 13.2. The van der Waals surface area contributed by atoms with E-state index in [1.54, 1.807) is 22.5 Å². The van der Waals surface area contributed by atoms with Crippen LogP contribution in [0.15, 0.2) is 23.3 Å². The van der Waals surface area contributed by atoms with Crippen molar-refractivity contribution in [3.05, 3.63) is 60.9 Å². The Morgan fingerprint density at radius 2 is 2.00 bits per heavy atom. The lowest BCUT2D eigenvalue weighted by molar-refractivity contribution is -0.134.